The lowest BCUT2D eigenvalue weighted by atomic mass is 10.0. The molecule has 1 aliphatic carbocycles. The molecule has 0 fully saturated rings. The van der Waals surface area contributed by atoms with Gasteiger partial charge in [-0.3, -0.25) is 4.79 Å². The summed E-state index contributed by atoms with van der Waals surface area (Å²) in [5.74, 6) is -1.21. The Kier molecular flexibility index (Phi) is 4.71. The van der Waals surface area contributed by atoms with Crippen LogP contribution in [0, 0.1) is 13.8 Å². The van der Waals surface area contributed by atoms with Gasteiger partial charge >= 0.3 is 5.97 Å². The number of aryl methyl sites for hydroxylation is 3. The van der Waals surface area contributed by atoms with Crippen molar-refractivity contribution in [3.8, 4) is 0 Å². The van der Waals surface area contributed by atoms with Gasteiger partial charge in [0.15, 0.2) is 0 Å². The highest BCUT2D eigenvalue weighted by atomic mass is 32.1. The number of rotatable bonds is 3. The maximum Gasteiger partial charge on any atom is 0.339 e. The van der Waals surface area contributed by atoms with Crippen molar-refractivity contribution in [3.05, 3.63) is 50.9 Å². The van der Waals surface area contributed by atoms with Gasteiger partial charge in [-0.2, -0.15) is 0 Å². The van der Waals surface area contributed by atoms with Gasteiger partial charge in [-0.25, -0.2) is 4.79 Å². The van der Waals surface area contributed by atoms with Gasteiger partial charge in [-0.15, -0.1) is 11.3 Å². The molecule has 0 atom stereocenters. The minimum absolute atomic E-state index is 0.253. The fourth-order valence-electron chi connectivity index (χ4n) is 3.11. The van der Waals surface area contributed by atoms with Crippen molar-refractivity contribution in [2.75, 3.05) is 5.32 Å². The zero-order valence-electron chi connectivity index (χ0n) is 13.9. The number of carboxylic acid groups (broad SMARTS) is 1. The van der Waals surface area contributed by atoms with E-state index in [4.69, 9.17) is 0 Å². The molecule has 1 amide bonds. The van der Waals surface area contributed by atoms with Gasteiger partial charge in [0.05, 0.1) is 5.56 Å². The molecule has 2 aromatic rings. The molecule has 1 aromatic heterocycles. The van der Waals surface area contributed by atoms with E-state index < -0.39 is 5.97 Å². The van der Waals surface area contributed by atoms with Crippen LogP contribution >= 0.6 is 11.3 Å². The zero-order valence-corrected chi connectivity index (χ0v) is 14.8. The van der Waals surface area contributed by atoms with E-state index >= 15 is 0 Å². The van der Waals surface area contributed by atoms with Crippen LogP contribution in [0.2, 0.25) is 0 Å². The molecule has 5 heteroatoms. The molecule has 24 heavy (non-hydrogen) atoms. The summed E-state index contributed by atoms with van der Waals surface area (Å²) in [5, 5.41) is 12.9. The Hall–Kier alpha value is -2.14. The summed E-state index contributed by atoms with van der Waals surface area (Å²) in [7, 11) is 0. The second kappa shape index (κ2) is 6.77. The van der Waals surface area contributed by atoms with E-state index in [-0.39, 0.29) is 11.5 Å². The first kappa shape index (κ1) is 16.7. The smallest absolute Gasteiger partial charge is 0.339 e. The first-order chi connectivity index (χ1) is 11.5. The van der Waals surface area contributed by atoms with Crippen molar-refractivity contribution in [2.45, 2.75) is 46.0 Å². The van der Waals surface area contributed by atoms with Crippen LogP contribution in [0.5, 0.6) is 0 Å². The summed E-state index contributed by atoms with van der Waals surface area (Å²) in [5.41, 5.74) is 3.93. The van der Waals surface area contributed by atoms with Crippen LogP contribution in [0.1, 0.15) is 61.5 Å². The monoisotopic (exact) mass is 343 g/mol. The van der Waals surface area contributed by atoms with Crippen LogP contribution in [0.15, 0.2) is 18.2 Å². The van der Waals surface area contributed by atoms with Gasteiger partial charge in [0.1, 0.15) is 5.00 Å². The Morgan fingerprint density at radius 2 is 1.83 bits per heavy atom. The standard InChI is InChI=1S/C19H21NO3S/c1-11-8-9-13(10-12(11)2)17(21)20-18-16(19(22)23)14-6-4-3-5-7-15(14)24-18/h8-10H,3-7H2,1-2H3,(H,20,21)(H,22,23). The molecule has 4 nitrogen and oxygen atoms in total. The van der Waals surface area contributed by atoms with Crippen molar-refractivity contribution in [1.29, 1.82) is 0 Å². The van der Waals surface area contributed by atoms with Gasteiger partial charge in [0.25, 0.3) is 5.91 Å². The van der Waals surface area contributed by atoms with Crippen molar-refractivity contribution in [3.63, 3.8) is 0 Å². The lowest BCUT2D eigenvalue weighted by Gasteiger charge is -2.07. The van der Waals surface area contributed by atoms with E-state index in [9.17, 15) is 14.7 Å². The van der Waals surface area contributed by atoms with Crippen LogP contribution in [0.3, 0.4) is 0 Å². The Labute approximate surface area is 145 Å². The first-order valence-electron chi connectivity index (χ1n) is 8.24. The Bertz CT molecular complexity index is 807. The summed E-state index contributed by atoms with van der Waals surface area (Å²) in [6.45, 7) is 3.96. The van der Waals surface area contributed by atoms with Crippen LogP contribution in [-0.2, 0) is 12.8 Å². The molecule has 3 rings (SSSR count). The molecule has 0 unspecified atom stereocenters. The number of nitrogens with one attached hydrogen (secondary N) is 1. The van der Waals surface area contributed by atoms with E-state index in [1.807, 2.05) is 26.0 Å². The normalized spacial score (nSPS) is 13.9. The number of fused-ring (bicyclic) bond motifs is 1. The van der Waals surface area contributed by atoms with Crippen molar-refractivity contribution in [2.24, 2.45) is 0 Å². The molecular formula is C19H21NO3S. The quantitative estimate of drug-likeness (QED) is 0.801. The molecule has 1 aliphatic rings. The second-order valence-corrected chi connectivity index (χ2v) is 7.43. The Balaban J connectivity index is 1.93. The maximum atomic E-state index is 12.5. The number of carboxylic acids is 1. The summed E-state index contributed by atoms with van der Waals surface area (Å²) in [6, 6.07) is 5.52. The number of aromatic carboxylic acids is 1. The highest BCUT2D eigenvalue weighted by Gasteiger charge is 2.25. The van der Waals surface area contributed by atoms with Crippen molar-refractivity contribution >= 4 is 28.2 Å². The fraction of sp³-hybridized carbons (Fsp3) is 0.368. The topological polar surface area (TPSA) is 66.4 Å². The van der Waals surface area contributed by atoms with Gasteiger partial charge < -0.3 is 10.4 Å². The van der Waals surface area contributed by atoms with E-state index in [2.05, 4.69) is 5.32 Å². The number of hydrogen-bond acceptors (Lipinski definition) is 3. The largest absolute Gasteiger partial charge is 0.478 e. The Morgan fingerprint density at radius 1 is 1.08 bits per heavy atom. The minimum atomic E-state index is -0.954. The lowest BCUT2D eigenvalue weighted by molar-refractivity contribution is 0.0697. The van der Waals surface area contributed by atoms with Crippen molar-refractivity contribution < 1.29 is 14.7 Å². The molecule has 2 N–H and O–H groups in total. The predicted molar refractivity (Wildman–Crippen MR) is 96.4 cm³/mol. The van der Waals surface area contributed by atoms with Gasteiger partial charge in [0.2, 0.25) is 0 Å². The number of hydrogen-bond donors (Lipinski definition) is 2. The second-order valence-electron chi connectivity index (χ2n) is 6.33. The predicted octanol–water partition coefficient (Wildman–Crippen LogP) is 4.58. The summed E-state index contributed by atoms with van der Waals surface area (Å²) < 4.78 is 0. The van der Waals surface area contributed by atoms with Gasteiger partial charge in [-0.05, 0) is 68.4 Å². The third kappa shape index (κ3) is 3.22. The Morgan fingerprint density at radius 3 is 2.54 bits per heavy atom. The third-order valence-corrected chi connectivity index (χ3v) is 5.84. The number of carbonyl (C=O) groups is 2. The van der Waals surface area contributed by atoms with Crippen molar-refractivity contribution in [1.82, 2.24) is 0 Å². The van der Waals surface area contributed by atoms with E-state index in [0.29, 0.717) is 10.6 Å². The average Bonchev–Trinajstić information content (AvgIpc) is 2.71. The summed E-state index contributed by atoms with van der Waals surface area (Å²) in [4.78, 5) is 25.4. The first-order valence-corrected chi connectivity index (χ1v) is 9.05. The lowest BCUT2D eigenvalue weighted by Crippen LogP contribution is -2.14. The molecule has 0 bridgehead atoms. The molecule has 0 radical (unpaired) electrons. The molecule has 1 aromatic carbocycles. The van der Waals surface area contributed by atoms with Crippen LogP contribution in [-0.4, -0.2) is 17.0 Å². The molecule has 0 saturated carbocycles. The van der Waals surface area contributed by atoms with E-state index in [1.165, 1.54) is 11.3 Å². The fourth-order valence-corrected chi connectivity index (χ4v) is 4.39. The highest BCUT2D eigenvalue weighted by molar-refractivity contribution is 7.17. The summed E-state index contributed by atoms with van der Waals surface area (Å²) in [6.07, 6.45) is 4.91. The van der Waals surface area contributed by atoms with Crippen LogP contribution in [0.25, 0.3) is 0 Å². The number of carbonyl (C=O) groups excluding carboxylic acids is 1. The molecule has 0 aliphatic heterocycles. The number of anilines is 1. The molecular weight excluding hydrogens is 322 g/mol. The average molecular weight is 343 g/mol. The third-order valence-electron chi connectivity index (χ3n) is 4.63. The molecule has 0 spiro atoms. The maximum absolute atomic E-state index is 12.5. The molecule has 0 saturated heterocycles. The molecule has 1 heterocycles. The van der Waals surface area contributed by atoms with Gasteiger partial charge in [-0.1, -0.05) is 12.5 Å². The SMILES string of the molecule is Cc1ccc(C(=O)Nc2sc3c(c2C(=O)O)CCCCC3)cc1C. The number of thiophene rings is 1. The van der Waals surface area contributed by atoms with Gasteiger partial charge in [0, 0.05) is 10.4 Å². The van der Waals surface area contributed by atoms with E-state index in [0.717, 1.165) is 53.7 Å². The van der Waals surface area contributed by atoms with Crippen LogP contribution < -0.4 is 5.32 Å². The number of amides is 1. The zero-order chi connectivity index (χ0) is 17.3. The van der Waals surface area contributed by atoms with E-state index in [1.54, 1.807) is 6.07 Å². The minimum Gasteiger partial charge on any atom is -0.478 e. The summed E-state index contributed by atoms with van der Waals surface area (Å²) >= 11 is 1.42. The molecule has 126 valence electrons. The number of benzene rings is 1. The van der Waals surface area contributed by atoms with Crippen LogP contribution in [0.4, 0.5) is 5.00 Å². The highest BCUT2D eigenvalue weighted by Crippen LogP contribution is 2.37.